The summed E-state index contributed by atoms with van der Waals surface area (Å²) in [5, 5.41) is 0. The van der Waals surface area contributed by atoms with Gasteiger partial charge >= 0.3 is 0 Å². The number of rotatable bonds is 4. The zero-order valence-corrected chi connectivity index (χ0v) is 17.9. The Morgan fingerprint density at radius 3 is 2.12 bits per heavy atom. The van der Waals surface area contributed by atoms with E-state index in [2.05, 4.69) is 76.9 Å². The number of likely N-dealkylation sites (N-methyl/N-ethyl adjacent to an activating group) is 1. The smallest absolute Gasteiger partial charge is 0.0343 e. The van der Waals surface area contributed by atoms with Gasteiger partial charge in [0.25, 0.3) is 0 Å². The van der Waals surface area contributed by atoms with Crippen LogP contribution in [0.1, 0.15) is 96.6 Å². The molecule has 1 heterocycles. The molecule has 1 aliphatic carbocycles. The standard InChI is InChI=1S/C25H39N/c1-7-8-19-9-11-20(12-10-19)21-13-15-22(16-14-21)23-17-24(2,3)26(6)25(4,5)18-23/h13-17,19-20H,7-12,18H2,1-6H3. The zero-order chi connectivity index (χ0) is 18.9. The predicted molar refractivity (Wildman–Crippen MR) is 115 cm³/mol. The molecule has 1 aromatic carbocycles. The molecule has 0 amide bonds. The molecule has 3 rings (SSSR count). The molecule has 0 saturated heterocycles. The van der Waals surface area contributed by atoms with E-state index in [4.69, 9.17) is 0 Å². The minimum Gasteiger partial charge on any atom is -0.292 e. The van der Waals surface area contributed by atoms with Crippen LogP contribution in [0.2, 0.25) is 0 Å². The van der Waals surface area contributed by atoms with Gasteiger partial charge in [-0.2, -0.15) is 0 Å². The summed E-state index contributed by atoms with van der Waals surface area (Å²) in [6, 6.07) is 9.60. The van der Waals surface area contributed by atoms with Crippen molar-refractivity contribution in [3.63, 3.8) is 0 Å². The van der Waals surface area contributed by atoms with Gasteiger partial charge in [-0.1, -0.05) is 50.1 Å². The van der Waals surface area contributed by atoms with Gasteiger partial charge in [0.05, 0.1) is 0 Å². The molecule has 0 unspecified atom stereocenters. The molecule has 0 atom stereocenters. The lowest BCUT2D eigenvalue weighted by atomic mass is 9.76. The van der Waals surface area contributed by atoms with Crippen LogP contribution in [0.4, 0.5) is 0 Å². The van der Waals surface area contributed by atoms with E-state index in [-0.39, 0.29) is 11.1 Å². The van der Waals surface area contributed by atoms with Crippen LogP contribution < -0.4 is 0 Å². The maximum Gasteiger partial charge on any atom is 0.0343 e. The number of nitrogens with zero attached hydrogens (tertiary/aromatic N) is 1. The topological polar surface area (TPSA) is 3.24 Å². The average Bonchev–Trinajstić information content (AvgIpc) is 2.60. The van der Waals surface area contributed by atoms with Gasteiger partial charge in [-0.05, 0) is 95.4 Å². The molecule has 144 valence electrons. The quantitative estimate of drug-likeness (QED) is 0.561. The minimum absolute atomic E-state index is 0.105. The Labute approximate surface area is 161 Å². The van der Waals surface area contributed by atoms with Crippen LogP contribution in [0.5, 0.6) is 0 Å². The molecule has 0 bridgehead atoms. The average molecular weight is 354 g/mol. The van der Waals surface area contributed by atoms with Crippen molar-refractivity contribution in [1.29, 1.82) is 0 Å². The van der Waals surface area contributed by atoms with Crippen molar-refractivity contribution in [3.05, 3.63) is 41.5 Å². The zero-order valence-electron chi connectivity index (χ0n) is 17.9. The van der Waals surface area contributed by atoms with E-state index in [1.165, 1.54) is 49.7 Å². The highest BCUT2D eigenvalue weighted by Gasteiger charge is 2.38. The SMILES string of the molecule is CCCC1CCC(c2ccc(C3=CC(C)(C)N(C)C(C)(C)C3)cc2)CC1. The Bertz CT molecular complexity index is 627. The largest absolute Gasteiger partial charge is 0.292 e. The van der Waals surface area contributed by atoms with Gasteiger partial charge in [0.2, 0.25) is 0 Å². The highest BCUT2D eigenvalue weighted by atomic mass is 15.2. The van der Waals surface area contributed by atoms with Crippen molar-refractivity contribution < 1.29 is 0 Å². The summed E-state index contributed by atoms with van der Waals surface area (Å²) in [6.45, 7) is 11.7. The van der Waals surface area contributed by atoms with Gasteiger partial charge in [0.1, 0.15) is 0 Å². The summed E-state index contributed by atoms with van der Waals surface area (Å²) in [6.07, 6.45) is 12.0. The molecular weight excluding hydrogens is 314 g/mol. The van der Waals surface area contributed by atoms with Gasteiger partial charge in [-0.15, -0.1) is 0 Å². The molecule has 1 nitrogen and oxygen atoms in total. The van der Waals surface area contributed by atoms with Gasteiger partial charge in [0.15, 0.2) is 0 Å². The Morgan fingerprint density at radius 1 is 0.962 bits per heavy atom. The van der Waals surface area contributed by atoms with Gasteiger partial charge in [0, 0.05) is 11.1 Å². The van der Waals surface area contributed by atoms with Crippen molar-refractivity contribution >= 4 is 5.57 Å². The van der Waals surface area contributed by atoms with Crippen molar-refractivity contribution in [3.8, 4) is 0 Å². The summed E-state index contributed by atoms with van der Waals surface area (Å²) in [7, 11) is 2.26. The van der Waals surface area contributed by atoms with E-state index in [1.54, 1.807) is 5.56 Å². The second-order valence-electron chi connectivity index (χ2n) is 10.00. The Hall–Kier alpha value is -1.08. The Balaban J connectivity index is 1.72. The maximum atomic E-state index is 2.51. The molecule has 1 heteroatoms. The fraction of sp³-hybridized carbons (Fsp3) is 0.680. The monoisotopic (exact) mass is 353 g/mol. The number of hydrogen-bond donors (Lipinski definition) is 0. The third kappa shape index (κ3) is 4.09. The second-order valence-corrected chi connectivity index (χ2v) is 10.00. The lowest BCUT2D eigenvalue weighted by molar-refractivity contribution is 0.0697. The number of hydrogen-bond acceptors (Lipinski definition) is 1. The third-order valence-electron chi connectivity index (χ3n) is 7.22. The van der Waals surface area contributed by atoms with Gasteiger partial charge in [-0.3, -0.25) is 4.90 Å². The second kappa shape index (κ2) is 7.50. The molecule has 1 aliphatic heterocycles. The fourth-order valence-corrected chi connectivity index (χ4v) is 5.29. The molecular formula is C25H39N. The first-order chi connectivity index (χ1) is 12.2. The fourth-order valence-electron chi connectivity index (χ4n) is 5.29. The van der Waals surface area contributed by atoms with Crippen LogP contribution in [0, 0.1) is 5.92 Å². The highest BCUT2D eigenvalue weighted by molar-refractivity contribution is 5.69. The van der Waals surface area contributed by atoms with Crippen molar-refractivity contribution in [1.82, 2.24) is 4.90 Å². The van der Waals surface area contributed by atoms with Crippen LogP contribution in [0.15, 0.2) is 30.3 Å². The van der Waals surface area contributed by atoms with Crippen LogP contribution in [0.25, 0.3) is 5.57 Å². The summed E-state index contributed by atoms with van der Waals surface area (Å²) >= 11 is 0. The van der Waals surface area contributed by atoms with E-state index in [0.29, 0.717) is 0 Å². The van der Waals surface area contributed by atoms with E-state index >= 15 is 0 Å². The normalized spacial score (nSPS) is 28.6. The first kappa shape index (κ1) is 19.7. The van der Waals surface area contributed by atoms with E-state index in [0.717, 1.165) is 18.3 Å². The summed E-state index contributed by atoms with van der Waals surface area (Å²) in [4.78, 5) is 2.51. The Morgan fingerprint density at radius 2 is 1.58 bits per heavy atom. The molecule has 1 saturated carbocycles. The third-order valence-corrected chi connectivity index (χ3v) is 7.22. The van der Waals surface area contributed by atoms with Crippen LogP contribution in [-0.4, -0.2) is 23.0 Å². The molecule has 1 aromatic rings. The molecule has 0 spiro atoms. The van der Waals surface area contributed by atoms with Crippen LogP contribution >= 0.6 is 0 Å². The van der Waals surface area contributed by atoms with Gasteiger partial charge < -0.3 is 0 Å². The van der Waals surface area contributed by atoms with E-state index in [9.17, 15) is 0 Å². The molecule has 26 heavy (non-hydrogen) atoms. The predicted octanol–water partition coefficient (Wildman–Crippen LogP) is 7.04. The minimum atomic E-state index is 0.105. The molecule has 0 aromatic heterocycles. The molecule has 0 radical (unpaired) electrons. The van der Waals surface area contributed by atoms with Gasteiger partial charge in [-0.25, -0.2) is 0 Å². The summed E-state index contributed by atoms with van der Waals surface area (Å²) in [5.41, 5.74) is 4.80. The lowest BCUT2D eigenvalue weighted by Gasteiger charge is -2.49. The summed E-state index contributed by atoms with van der Waals surface area (Å²) < 4.78 is 0. The number of benzene rings is 1. The Kier molecular flexibility index (Phi) is 5.68. The summed E-state index contributed by atoms with van der Waals surface area (Å²) in [5.74, 6) is 1.78. The van der Waals surface area contributed by atoms with Crippen molar-refractivity contribution in [2.24, 2.45) is 5.92 Å². The van der Waals surface area contributed by atoms with E-state index in [1.807, 2.05) is 0 Å². The maximum absolute atomic E-state index is 2.51. The van der Waals surface area contributed by atoms with Crippen molar-refractivity contribution in [2.45, 2.75) is 96.6 Å². The highest BCUT2D eigenvalue weighted by Crippen LogP contribution is 2.41. The molecule has 1 fully saturated rings. The molecule has 2 aliphatic rings. The first-order valence-electron chi connectivity index (χ1n) is 10.8. The lowest BCUT2D eigenvalue weighted by Crippen LogP contribution is -2.54. The first-order valence-corrected chi connectivity index (χ1v) is 10.8. The van der Waals surface area contributed by atoms with Crippen LogP contribution in [0.3, 0.4) is 0 Å². The van der Waals surface area contributed by atoms with Crippen molar-refractivity contribution in [2.75, 3.05) is 7.05 Å². The van der Waals surface area contributed by atoms with Crippen LogP contribution in [-0.2, 0) is 0 Å². The molecule has 0 N–H and O–H groups in total. The van der Waals surface area contributed by atoms with E-state index < -0.39 is 0 Å².